The largest absolute Gasteiger partial charge is 0.481 e. The summed E-state index contributed by atoms with van der Waals surface area (Å²) in [7, 11) is 0. The first-order chi connectivity index (χ1) is 22.2. The summed E-state index contributed by atoms with van der Waals surface area (Å²) in [5.41, 5.74) is 5.61. The summed E-state index contributed by atoms with van der Waals surface area (Å²) in [5.74, 6) is -1.44. The van der Waals surface area contributed by atoms with Crippen LogP contribution in [0, 0.1) is 11.3 Å². The molecule has 0 radical (unpaired) electrons. The highest BCUT2D eigenvalue weighted by molar-refractivity contribution is 5.79. The zero-order valence-electron chi connectivity index (χ0n) is 26.6. The number of carbonyl (C=O) groups is 2. The van der Waals surface area contributed by atoms with Gasteiger partial charge in [0.25, 0.3) is 0 Å². The number of hydrogen-bond acceptors (Lipinski definition) is 3. The zero-order valence-corrected chi connectivity index (χ0v) is 26.6. The SMILES string of the molecule is CC(C)Cc1cc(CCC(=O)O)ccc1C1=CC(Cc2ccccc2)(Cc2ccccc2)C(OCC(=O)O)(c2ccccc2)C=C1. The molecule has 0 saturated heterocycles. The lowest BCUT2D eigenvalue weighted by Gasteiger charge is -2.50. The second-order valence-electron chi connectivity index (χ2n) is 12.7. The quantitative estimate of drug-likeness (QED) is 0.149. The Morgan fingerprint density at radius 2 is 1.33 bits per heavy atom. The molecule has 1 unspecified atom stereocenters. The summed E-state index contributed by atoms with van der Waals surface area (Å²) < 4.78 is 6.64. The Balaban J connectivity index is 1.77. The van der Waals surface area contributed by atoms with Crippen molar-refractivity contribution in [2.75, 3.05) is 6.61 Å². The summed E-state index contributed by atoms with van der Waals surface area (Å²) in [4.78, 5) is 23.4. The smallest absolute Gasteiger partial charge is 0.329 e. The van der Waals surface area contributed by atoms with E-state index in [0.29, 0.717) is 25.2 Å². The maximum absolute atomic E-state index is 12.1. The minimum Gasteiger partial charge on any atom is -0.481 e. The van der Waals surface area contributed by atoms with E-state index in [1.807, 2.05) is 72.8 Å². The molecule has 5 heteroatoms. The van der Waals surface area contributed by atoms with Gasteiger partial charge >= 0.3 is 11.9 Å². The third-order valence-corrected chi connectivity index (χ3v) is 8.76. The molecule has 2 N–H and O–H groups in total. The molecule has 0 aromatic heterocycles. The van der Waals surface area contributed by atoms with E-state index in [4.69, 9.17) is 4.74 Å². The fourth-order valence-corrected chi connectivity index (χ4v) is 6.81. The molecule has 4 aromatic carbocycles. The van der Waals surface area contributed by atoms with Crippen LogP contribution in [0.5, 0.6) is 0 Å². The number of rotatable bonds is 14. The molecule has 5 nitrogen and oxygen atoms in total. The molecular weight excluding hydrogens is 572 g/mol. The Labute approximate surface area is 271 Å². The van der Waals surface area contributed by atoms with Crippen LogP contribution in [0.25, 0.3) is 5.57 Å². The summed E-state index contributed by atoms with van der Waals surface area (Å²) in [5, 5.41) is 19.2. The summed E-state index contributed by atoms with van der Waals surface area (Å²) >= 11 is 0. The predicted molar refractivity (Wildman–Crippen MR) is 182 cm³/mol. The van der Waals surface area contributed by atoms with E-state index in [2.05, 4.69) is 68.5 Å². The van der Waals surface area contributed by atoms with Gasteiger partial charge in [-0.2, -0.15) is 0 Å². The topological polar surface area (TPSA) is 83.8 Å². The highest BCUT2D eigenvalue weighted by Gasteiger charge is 2.53. The van der Waals surface area contributed by atoms with Crippen molar-refractivity contribution >= 4 is 17.5 Å². The van der Waals surface area contributed by atoms with Crippen molar-refractivity contribution in [1.82, 2.24) is 0 Å². The molecule has 0 spiro atoms. The number of carboxylic acids is 2. The number of hydrogen-bond donors (Lipinski definition) is 2. The van der Waals surface area contributed by atoms with Gasteiger partial charge in [-0.3, -0.25) is 4.79 Å². The van der Waals surface area contributed by atoms with Crippen LogP contribution >= 0.6 is 0 Å². The number of carboxylic acid groups (broad SMARTS) is 2. The molecule has 1 aliphatic carbocycles. The molecule has 46 heavy (non-hydrogen) atoms. The van der Waals surface area contributed by atoms with Crippen LogP contribution in [0.1, 0.15) is 53.6 Å². The molecule has 0 fully saturated rings. The van der Waals surface area contributed by atoms with Crippen LogP contribution in [0.15, 0.2) is 127 Å². The summed E-state index contributed by atoms with van der Waals surface area (Å²) in [6.07, 6.45) is 9.07. The number of allylic oxidation sites excluding steroid dienone is 2. The lowest BCUT2D eigenvalue weighted by molar-refractivity contribution is -0.155. The average Bonchev–Trinajstić information content (AvgIpc) is 3.04. The monoisotopic (exact) mass is 614 g/mol. The van der Waals surface area contributed by atoms with E-state index in [-0.39, 0.29) is 6.42 Å². The van der Waals surface area contributed by atoms with Gasteiger partial charge in [-0.1, -0.05) is 135 Å². The van der Waals surface area contributed by atoms with E-state index in [1.165, 1.54) is 5.56 Å². The number of aryl methyl sites for hydroxylation is 1. The molecule has 1 atom stereocenters. The first kappa shape index (κ1) is 32.6. The normalized spacial score (nSPS) is 17.1. The van der Waals surface area contributed by atoms with Crippen LogP contribution < -0.4 is 0 Å². The van der Waals surface area contributed by atoms with Crippen molar-refractivity contribution < 1.29 is 24.5 Å². The summed E-state index contributed by atoms with van der Waals surface area (Å²) in [6.45, 7) is 3.92. The van der Waals surface area contributed by atoms with Crippen molar-refractivity contribution in [1.29, 1.82) is 0 Å². The van der Waals surface area contributed by atoms with Crippen LogP contribution in [-0.4, -0.2) is 28.8 Å². The Kier molecular flexibility index (Phi) is 10.3. The fraction of sp³-hybridized carbons (Fsp3) is 0.268. The van der Waals surface area contributed by atoms with Crippen LogP contribution in [0.2, 0.25) is 0 Å². The third-order valence-electron chi connectivity index (χ3n) is 8.76. The fourth-order valence-electron chi connectivity index (χ4n) is 6.81. The molecule has 0 saturated carbocycles. The molecule has 5 rings (SSSR count). The zero-order chi connectivity index (χ0) is 32.6. The molecule has 236 valence electrons. The first-order valence-electron chi connectivity index (χ1n) is 15.9. The van der Waals surface area contributed by atoms with Crippen molar-refractivity contribution in [2.45, 2.75) is 51.6 Å². The van der Waals surface area contributed by atoms with E-state index < -0.39 is 29.6 Å². The van der Waals surface area contributed by atoms with Gasteiger partial charge in [-0.25, -0.2) is 4.79 Å². The molecule has 0 aliphatic heterocycles. The van der Waals surface area contributed by atoms with Gasteiger partial charge in [-0.15, -0.1) is 0 Å². The van der Waals surface area contributed by atoms with Crippen LogP contribution in [-0.2, 0) is 45.6 Å². The van der Waals surface area contributed by atoms with E-state index >= 15 is 0 Å². The van der Waals surface area contributed by atoms with Crippen molar-refractivity contribution in [2.24, 2.45) is 11.3 Å². The van der Waals surface area contributed by atoms with E-state index in [9.17, 15) is 19.8 Å². The Morgan fingerprint density at radius 1 is 0.739 bits per heavy atom. The van der Waals surface area contributed by atoms with Crippen LogP contribution in [0.4, 0.5) is 0 Å². The van der Waals surface area contributed by atoms with Gasteiger partial charge in [0.1, 0.15) is 12.2 Å². The average molecular weight is 615 g/mol. The number of aliphatic carboxylic acids is 2. The Bertz CT molecular complexity index is 1650. The summed E-state index contributed by atoms with van der Waals surface area (Å²) in [6, 6.07) is 36.9. The van der Waals surface area contributed by atoms with E-state index in [1.54, 1.807) is 0 Å². The van der Waals surface area contributed by atoms with Crippen molar-refractivity contribution in [3.63, 3.8) is 0 Å². The predicted octanol–water partition coefficient (Wildman–Crippen LogP) is 8.32. The first-order valence-corrected chi connectivity index (χ1v) is 15.9. The van der Waals surface area contributed by atoms with Gasteiger partial charge in [-0.05, 0) is 76.6 Å². The Hall–Kier alpha value is -4.74. The highest BCUT2D eigenvalue weighted by Crippen LogP contribution is 2.54. The van der Waals surface area contributed by atoms with Gasteiger partial charge in [0.15, 0.2) is 0 Å². The Morgan fingerprint density at radius 3 is 1.87 bits per heavy atom. The maximum Gasteiger partial charge on any atom is 0.329 e. The molecule has 0 bridgehead atoms. The van der Waals surface area contributed by atoms with Gasteiger partial charge in [0, 0.05) is 11.8 Å². The van der Waals surface area contributed by atoms with Crippen molar-refractivity contribution in [3.05, 3.63) is 161 Å². The molecule has 0 amide bonds. The molecule has 4 aromatic rings. The van der Waals surface area contributed by atoms with Gasteiger partial charge in [0.05, 0.1) is 0 Å². The standard InChI is InChI=1S/C41H42O5/c1-30(2)24-35-25-31(19-21-38(42)43)18-20-37(35)34-22-23-41(46-29-39(44)45,36-16-10-5-11-17-36)40(28-34,26-32-12-6-3-7-13-32)27-33-14-8-4-9-15-33/h3-18,20,22-23,25,28,30H,19,21,24,26-27,29H2,1-2H3,(H,42,43)(H,44,45). The number of benzene rings is 4. The highest BCUT2D eigenvalue weighted by atomic mass is 16.5. The molecular formula is C41H42O5. The van der Waals surface area contributed by atoms with Gasteiger partial charge in [0.2, 0.25) is 0 Å². The second kappa shape index (κ2) is 14.6. The maximum atomic E-state index is 12.1. The minimum absolute atomic E-state index is 0.0842. The lowest BCUT2D eigenvalue weighted by Crippen LogP contribution is -2.50. The molecule has 1 aliphatic rings. The third kappa shape index (κ3) is 7.55. The van der Waals surface area contributed by atoms with E-state index in [0.717, 1.165) is 39.8 Å². The minimum atomic E-state index is -1.10. The second-order valence-corrected chi connectivity index (χ2v) is 12.7. The molecule has 0 heterocycles. The van der Waals surface area contributed by atoms with Crippen LogP contribution in [0.3, 0.4) is 0 Å². The lowest BCUT2D eigenvalue weighted by atomic mass is 9.59. The van der Waals surface area contributed by atoms with Crippen molar-refractivity contribution in [3.8, 4) is 0 Å². The van der Waals surface area contributed by atoms with Gasteiger partial charge < -0.3 is 14.9 Å². The number of ether oxygens (including phenoxy) is 1.